The fraction of sp³-hybridized carbons (Fsp3) is 0.600. The summed E-state index contributed by atoms with van der Waals surface area (Å²) in [6.07, 6.45) is 0. The number of aryl methyl sites for hydroxylation is 1. The second kappa shape index (κ2) is 6.41. The van der Waals surface area contributed by atoms with E-state index in [9.17, 15) is 4.39 Å². The molecular weight excluding hydrogens is 323 g/mol. The molecule has 3 nitrogen and oxygen atoms in total. The molecule has 0 aliphatic carbocycles. The molecular formula is C15H23BrFN2O+. The van der Waals surface area contributed by atoms with Crippen molar-refractivity contribution in [1.29, 1.82) is 0 Å². The number of benzene rings is 1. The van der Waals surface area contributed by atoms with E-state index in [2.05, 4.69) is 0 Å². The summed E-state index contributed by atoms with van der Waals surface area (Å²) in [7, 11) is 0. The molecule has 112 valence electrons. The highest BCUT2D eigenvalue weighted by Crippen LogP contribution is 2.18. The topological polar surface area (TPSA) is 13.7 Å². The number of piperazine rings is 3. The minimum atomic E-state index is -0.243. The van der Waals surface area contributed by atoms with E-state index in [-0.39, 0.29) is 22.8 Å². The number of fused-ring (bicyclic) bond motifs is 3. The fourth-order valence-electron chi connectivity index (χ4n) is 3.30. The molecule has 3 saturated heterocycles. The quantitative estimate of drug-likeness (QED) is 0.584. The number of hydrogen-bond donors (Lipinski definition) is 1. The van der Waals surface area contributed by atoms with E-state index in [4.69, 9.17) is 4.74 Å². The summed E-state index contributed by atoms with van der Waals surface area (Å²) in [6.45, 7) is 11.2. The molecule has 0 saturated carbocycles. The van der Waals surface area contributed by atoms with Crippen LogP contribution in [0, 0.1) is 12.7 Å². The van der Waals surface area contributed by atoms with Crippen LogP contribution in [0.3, 0.4) is 0 Å². The van der Waals surface area contributed by atoms with Crippen molar-refractivity contribution in [3.05, 3.63) is 29.6 Å². The second-order valence-corrected chi connectivity index (χ2v) is 6.02. The Kier molecular flexibility index (Phi) is 5.04. The number of halogens is 2. The summed E-state index contributed by atoms with van der Waals surface area (Å²) in [4.78, 5) is 1.76. The minimum absolute atomic E-state index is 0. The molecule has 4 rings (SSSR count). The van der Waals surface area contributed by atoms with Crippen molar-refractivity contribution in [2.24, 2.45) is 0 Å². The molecule has 0 radical (unpaired) electrons. The van der Waals surface area contributed by atoms with E-state index >= 15 is 0 Å². The highest BCUT2D eigenvalue weighted by Gasteiger charge is 2.40. The van der Waals surface area contributed by atoms with Crippen molar-refractivity contribution in [3.63, 3.8) is 0 Å². The fourth-order valence-corrected chi connectivity index (χ4v) is 3.30. The Morgan fingerprint density at radius 1 is 1.20 bits per heavy atom. The molecule has 1 aromatic rings. The van der Waals surface area contributed by atoms with Crippen LogP contribution >= 0.6 is 0 Å². The number of ether oxygens (including phenoxy) is 1. The van der Waals surface area contributed by atoms with Crippen molar-refractivity contribution in [2.75, 3.05) is 52.4 Å². The third-order valence-electron chi connectivity index (χ3n) is 4.73. The van der Waals surface area contributed by atoms with Gasteiger partial charge in [-0.15, -0.1) is 0 Å². The van der Waals surface area contributed by atoms with Crippen molar-refractivity contribution in [3.8, 4) is 5.75 Å². The zero-order valence-corrected chi connectivity index (χ0v) is 13.6. The van der Waals surface area contributed by atoms with E-state index in [1.54, 1.807) is 11.0 Å². The average molecular weight is 346 g/mol. The van der Waals surface area contributed by atoms with E-state index in [1.165, 1.54) is 49.8 Å². The molecule has 0 aromatic heterocycles. The molecule has 0 unspecified atom stereocenters. The second-order valence-electron chi connectivity index (χ2n) is 6.02. The number of quaternary nitrogens is 2. The molecule has 3 fully saturated rings. The van der Waals surface area contributed by atoms with Crippen LogP contribution in [0.5, 0.6) is 5.75 Å². The number of nitrogens with one attached hydrogen (secondary N) is 1. The van der Waals surface area contributed by atoms with Gasteiger partial charge in [-0.2, -0.15) is 0 Å². The lowest BCUT2D eigenvalue weighted by Crippen LogP contribution is -3.19. The van der Waals surface area contributed by atoms with Crippen LogP contribution in [-0.4, -0.2) is 56.9 Å². The van der Waals surface area contributed by atoms with Gasteiger partial charge in [0.25, 0.3) is 0 Å². The molecule has 20 heavy (non-hydrogen) atoms. The summed E-state index contributed by atoms with van der Waals surface area (Å²) in [5.74, 6) is 0.151. The maximum absolute atomic E-state index is 13.7. The van der Waals surface area contributed by atoms with Crippen LogP contribution in [0.25, 0.3) is 0 Å². The van der Waals surface area contributed by atoms with E-state index in [0.29, 0.717) is 12.4 Å². The van der Waals surface area contributed by atoms with Gasteiger partial charge >= 0.3 is 0 Å². The van der Waals surface area contributed by atoms with Gasteiger partial charge in [0.1, 0.15) is 52.4 Å². The summed E-state index contributed by atoms with van der Waals surface area (Å²) < 4.78 is 20.5. The predicted molar refractivity (Wildman–Crippen MR) is 71.9 cm³/mol. The smallest absolute Gasteiger partial charge is 0.165 e. The molecule has 5 heteroatoms. The monoisotopic (exact) mass is 345 g/mol. The van der Waals surface area contributed by atoms with Crippen LogP contribution in [0.2, 0.25) is 0 Å². The lowest BCUT2D eigenvalue weighted by Gasteiger charge is -2.47. The summed E-state index contributed by atoms with van der Waals surface area (Å²) in [6, 6.07) is 5.17. The lowest BCUT2D eigenvalue weighted by molar-refractivity contribution is -1.07. The first-order chi connectivity index (χ1) is 9.17. The van der Waals surface area contributed by atoms with Crippen LogP contribution in [-0.2, 0) is 0 Å². The molecule has 0 atom stereocenters. The van der Waals surface area contributed by atoms with Gasteiger partial charge in [-0.05, 0) is 24.6 Å². The van der Waals surface area contributed by atoms with E-state index in [1.807, 2.05) is 13.0 Å². The highest BCUT2D eigenvalue weighted by atomic mass is 79.9. The van der Waals surface area contributed by atoms with Crippen LogP contribution < -0.4 is 26.6 Å². The first-order valence-corrected chi connectivity index (χ1v) is 7.25. The molecule has 3 heterocycles. The highest BCUT2D eigenvalue weighted by molar-refractivity contribution is 5.28. The summed E-state index contributed by atoms with van der Waals surface area (Å²) in [5.41, 5.74) is 0.932. The number of rotatable bonds is 4. The molecule has 1 N–H and O–H groups in total. The zero-order chi connectivity index (χ0) is 13.3. The lowest BCUT2D eigenvalue weighted by atomic mass is 10.1. The Balaban J connectivity index is 0.00000147. The Morgan fingerprint density at radius 2 is 1.85 bits per heavy atom. The van der Waals surface area contributed by atoms with Gasteiger partial charge < -0.3 is 31.1 Å². The summed E-state index contributed by atoms with van der Waals surface area (Å²) >= 11 is 0. The molecule has 2 bridgehead atoms. The molecule has 0 amide bonds. The van der Waals surface area contributed by atoms with Gasteiger partial charge in [0.15, 0.2) is 11.6 Å². The SMILES string of the molecule is Cc1ccc(OCC[N+]23CC[NH+](CC2)CC3)c(F)c1.[Br-]. The van der Waals surface area contributed by atoms with Crippen molar-refractivity contribution >= 4 is 0 Å². The van der Waals surface area contributed by atoms with Crippen LogP contribution in [0.15, 0.2) is 18.2 Å². The largest absolute Gasteiger partial charge is 1.00 e. The minimum Gasteiger partial charge on any atom is -1.00 e. The van der Waals surface area contributed by atoms with E-state index < -0.39 is 0 Å². The predicted octanol–water partition coefficient (Wildman–Crippen LogP) is -2.75. The number of hydrogen-bond acceptors (Lipinski definition) is 1. The first kappa shape index (κ1) is 15.7. The molecule has 3 aliphatic rings. The molecule has 3 aliphatic heterocycles. The Labute approximate surface area is 130 Å². The Bertz CT molecular complexity index is 447. The maximum Gasteiger partial charge on any atom is 0.165 e. The third-order valence-corrected chi connectivity index (χ3v) is 4.73. The Morgan fingerprint density at radius 3 is 2.45 bits per heavy atom. The normalized spacial score (nSPS) is 28.0. The van der Waals surface area contributed by atoms with Gasteiger partial charge in [-0.3, -0.25) is 0 Å². The standard InChI is InChI=1S/C15H22FN2O.BrH/c1-13-2-3-15(14(16)12-13)19-11-10-18-7-4-17(5-8-18)6-9-18;/h2-3,12H,4-11H2,1H3;1H/q+1;. The Hall–Kier alpha value is -0.650. The third kappa shape index (κ3) is 3.32. The van der Waals surface area contributed by atoms with Crippen molar-refractivity contribution in [1.82, 2.24) is 0 Å². The first-order valence-electron chi connectivity index (χ1n) is 7.25. The zero-order valence-electron chi connectivity index (χ0n) is 12.0. The number of nitrogens with zero attached hydrogens (tertiary/aromatic N) is 1. The summed E-state index contributed by atoms with van der Waals surface area (Å²) in [5, 5.41) is 0. The van der Waals surface area contributed by atoms with Gasteiger partial charge in [0.05, 0.1) is 0 Å². The van der Waals surface area contributed by atoms with Gasteiger partial charge in [0.2, 0.25) is 0 Å². The van der Waals surface area contributed by atoms with Crippen molar-refractivity contribution in [2.45, 2.75) is 6.92 Å². The average Bonchev–Trinajstić information content (AvgIpc) is 2.43. The van der Waals surface area contributed by atoms with Crippen molar-refractivity contribution < 1.29 is 35.5 Å². The molecule has 0 spiro atoms. The van der Waals surface area contributed by atoms with Crippen LogP contribution in [0.4, 0.5) is 4.39 Å². The van der Waals surface area contributed by atoms with Gasteiger partial charge in [-0.25, -0.2) is 4.39 Å². The van der Waals surface area contributed by atoms with Crippen LogP contribution in [0.1, 0.15) is 5.56 Å². The van der Waals surface area contributed by atoms with Gasteiger partial charge in [-0.1, -0.05) is 6.07 Å². The van der Waals surface area contributed by atoms with E-state index in [0.717, 1.165) is 12.1 Å². The van der Waals surface area contributed by atoms with Gasteiger partial charge in [0, 0.05) is 0 Å². The molecule has 1 aromatic carbocycles. The maximum atomic E-state index is 13.7.